The van der Waals surface area contributed by atoms with E-state index in [1.807, 2.05) is 0 Å². The molecular weight excluding hydrogens is 202 g/mol. The number of aliphatic carboxylic acids is 2. The fourth-order valence-corrected chi connectivity index (χ4v) is 1.08. The maximum absolute atomic E-state index is 10.4. The van der Waals surface area contributed by atoms with Gasteiger partial charge in [-0.25, -0.2) is 0 Å². The Kier molecular flexibility index (Phi) is 7.51. The van der Waals surface area contributed by atoms with Crippen molar-refractivity contribution in [3.8, 4) is 0 Å². The van der Waals surface area contributed by atoms with Crippen molar-refractivity contribution in [3.63, 3.8) is 0 Å². The molecule has 0 rings (SSSR count). The lowest BCUT2D eigenvalue weighted by Crippen LogP contribution is -2.39. The lowest BCUT2D eigenvalue weighted by Gasteiger charge is -2.18. The number of hydrogen-bond donors (Lipinski definition) is 4. The quantitative estimate of drug-likeness (QED) is 0.332. The third kappa shape index (κ3) is 9.13. The molecular formula is C8H17N3O4. The Balaban J connectivity index is 3.65. The van der Waals surface area contributed by atoms with Crippen LogP contribution >= 0.6 is 0 Å². The highest BCUT2D eigenvalue weighted by atomic mass is 16.4. The minimum atomic E-state index is -0.932. The molecule has 0 heterocycles. The van der Waals surface area contributed by atoms with Gasteiger partial charge >= 0.3 is 11.9 Å². The van der Waals surface area contributed by atoms with Crippen molar-refractivity contribution >= 4 is 11.9 Å². The molecule has 15 heavy (non-hydrogen) atoms. The predicted octanol–water partition coefficient (Wildman–Crippen LogP) is -1.99. The number of carbonyl (C=O) groups is 2. The molecule has 0 radical (unpaired) electrons. The summed E-state index contributed by atoms with van der Waals surface area (Å²) in [5.41, 5.74) is 5.31. The molecule has 0 aliphatic carbocycles. The fraction of sp³-hybridized carbons (Fsp3) is 0.750. The molecule has 0 aromatic rings. The first kappa shape index (κ1) is 13.8. The van der Waals surface area contributed by atoms with E-state index in [-0.39, 0.29) is 13.1 Å². The molecule has 5 N–H and O–H groups in total. The molecule has 0 aliphatic rings. The van der Waals surface area contributed by atoms with Gasteiger partial charge in [-0.2, -0.15) is 0 Å². The highest BCUT2D eigenvalue weighted by Crippen LogP contribution is 1.85. The zero-order valence-electron chi connectivity index (χ0n) is 8.48. The minimum absolute atomic E-state index is 0.0774. The molecule has 0 spiro atoms. The van der Waals surface area contributed by atoms with Crippen molar-refractivity contribution < 1.29 is 19.8 Å². The van der Waals surface area contributed by atoms with Gasteiger partial charge in [0, 0.05) is 26.2 Å². The summed E-state index contributed by atoms with van der Waals surface area (Å²) in [4.78, 5) is 22.2. The van der Waals surface area contributed by atoms with Crippen LogP contribution in [0.25, 0.3) is 0 Å². The summed E-state index contributed by atoms with van der Waals surface area (Å²) < 4.78 is 0. The van der Waals surface area contributed by atoms with E-state index < -0.39 is 11.9 Å². The van der Waals surface area contributed by atoms with Crippen LogP contribution < -0.4 is 11.1 Å². The zero-order valence-corrected chi connectivity index (χ0v) is 8.48. The van der Waals surface area contributed by atoms with Crippen molar-refractivity contribution in [2.24, 2.45) is 5.73 Å². The molecule has 0 aromatic heterocycles. The molecule has 0 saturated carbocycles. The molecule has 88 valence electrons. The summed E-state index contributed by atoms with van der Waals surface area (Å²) in [5.74, 6) is -1.85. The van der Waals surface area contributed by atoms with Gasteiger partial charge in [0.2, 0.25) is 0 Å². The second-order valence-corrected chi connectivity index (χ2v) is 3.03. The topological polar surface area (TPSA) is 116 Å². The predicted molar refractivity (Wildman–Crippen MR) is 53.6 cm³/mol. The molecule has 7 heteroatoms. The van der Waals surface area contributed by atoms with Crippen LogP contribution in [0.5, 0.6) is 0 Å². The van der Waals surface area contributed by atoms with Crippen LogP contribution in [0.1, 0.15) is 0 Å². The van der Waals surface area contributed by atoms with Crippen molar-refractivity contribution in [2.45, 2.75) is 0 Å². The highest BCUT2D eigenvalue weighted by molar-refractivity contribution is 5.69. The summed E-state index contributed by atoms with van der Waals surface area (Å²) in [6.07, 6.45) is 0. The molecule has 0 saturated heterocycles. The number of nitrogens with one attached hydrogen (secondary N) is 1. The van der Waals surface area contributed by atoms with E-state index >= 15 is 0 Å². The summed E-state index contributed by atoms with van der Waals surface area (Å²) in [7, 11) is 0. The molecule has 0 aromatic carbocycles. The van der Waals surface area contributed by atoms with E-state index in [2.05, 4.69) is 5.32 Å². The largest absolute Gasteiger partial charge is 0.480 e. The van der Waals surface area contributed by atoms with E-state index in [0.29, 0.717) is 26.2 Å². The molecule has 7 nitrogen and oxygen atoms in total. The Labute approximate surface area is 87.9 Å². The second-order valence-electron chi connectivity index (χ2n) is 3.03. The molecule has 0 unspecified atom stereocenters. The monoisotopic (exact) mass is 219 g/mol. The van der Waals surface area contributed by atoms with Gasteiger partial charge in [-0.3, -0.25) is 14.5 Å². The number of carboxylic acid groups (broad SMARTS) is 2. The van der Waals surface area contributed by atoms with Crippen LogP contribution in [-0.2, 0) is 9.59 Å². The first-order valence-electron chi connectivity index (χ1n) is 4.63. The standard InChI is InChI=1S/C8H17N3O4/c9-1-3-11(6-8(14)15)4-2-10-5-7(12)13/h10H,1-6,9H2,(H,12,13)(H,14,15). The Morgan fingerprint density at radius 1 is 1.20 bits per heavy atom. The van der Waals surface area contributed by atoms with Crippen molar-refractivity contribution in [3.05, 3.63) is 0 Å². The van der Waals surface area contributed by atoms with Gasteiger partial charge in [-0.1, -0.05) is 0 Å². The van der Waals surface area contributed by atoms with Gasteiger partial charge in [-0.05, 0) is 0 Å². The van der Waals surface area contributed by atoms with Gasteiger partial charge in [0.15, 0.2) is 0 Å². The van der Waals surface area contributed by atoms with E-state index in [4.69, 9.17) is 15.9 Å². The molecule has 0 aliphatic heterocycles. The lowest BCUT2D eigenvalue weighted by atomic mass is 10.4. The van der Waals surface area contributed by atoms with E-state index in [0.717, 1.165) is 0 Å². The average Bonchev–Trinajstić information content (AvgIpc) is 2.11. The third-order valence-electron chi connectivity index (χ3n) is 1.69. The van der Waals surface area contributed by atoms with Gasteiger partial charge in [-0.15, -0.1) is 0 Å². The molecule has 0 fully saturated rings. The average molecular weight is 219 g/mol. The minimum Gasteiger partial charge on any atom is -0.480 e. The van der Waals surface area contributed by atoms with Crippen LogP contribution in [0, 0.1) is 0 Å². The van der Waals surface area contributed by atoms with Gasteiger partial charge in [0.05, 0.1) is 13.1 Å². The van der Waals surface area contributed by atoms with Gasteiger partial charge in [0.1, 0.15) is 0 Å². The number of rotatable bonds is 9. The Bertz CT molecular complexity index is 210. The van der Waals surface area contributed by atoms with Crippen LogP contribution in [0.2, 0.25) is 0 Å². The SMILES string of the molecule is NCCN(CCNCC(=O)O)CC(=O)O. The van der Waals surface area contributed by atoms with Crippen LogP contribution in [-0.4, -0.2) is 66.3 Å². The Morgan fingerprint density at radius 2 is 1.87 bits per heavy atom. The first-order chi connectivity index (χ1) is 7.06. The number of nitrogens with zero attached hydrogens (tertiary/aromatic N) is 1. The number of carboxylic acids is 2. The van der Waals surface area contributed by atoms with E-state index in [9.17, 15) is 9.59 Å². The summed E-state index contributed by atoms with van der Waals surface area (Å²) in [5, 5.41) is 19.6. The summed E-state index contributed by atoms with van der Waals surface area (Å²) in [6.45, 7) is 1.57. The third-order valence-corrected chi connectivity index (χ3v) is 1.69. The normalized spacial score (nSPS) is 10.5. The molecule has 0 atom stereocenters. The smallest absolute Gasteiger partial charge is 0.317 e. The van der Waals surface area contributed by atoms with Gasteiger partial charge < -0.3 is 21.3 Å². The first-order valence-corrected chi connectivity index (χ1v) is 4.63. The van der Waals surface area contributed by atoms with Crippen LogP contribution in [0.15, 0.2) is 0 Å². The van der Waals surface area contributed by atoms with Crippen molar-refractivity contribution in [1.82, 2.24) is 10.2 Å². The number of nitrogens with two attached hydrogens (primary N) is 1. The van der Waals surface area contributed by atoms with Crippen molar-refractivity contribution in [1.29, 1.82) is 0 Å². The van der Waals surface area contributed by atoms with Crippen LogP contribution in [0.4, 0.5) is 0 Å². The Hall–Kier alpha value is -1.18. The van der Waals surface area contributed by atoms with E-state index in [1.54, 1.807) is 4.90 Å². The highest BCUT2D eigenvalue weighted by Gasteiger charge is 2.08. The maximum atomic E-state index is 10.4. The zero-order chi connectivity index (χ0) is 11.7. The molecule has 0 bridgehead atoms. The second kappa shape index (κ2) is 8.16. The van der Waals surface area contributed by atoms with Crippen LogP contribution in [0.3, 0.4) is 0 Å². The number of hydrogen-bond acceptors (Lipinski definition) is 5. The molecule has 0 amide bonds. The van der Waals surface area contributed by atoms with Crippen molar-refractivity contribution in [2.75, 3.05) is 39.3 Å². The fourth-order valence-electron chi connectivity index (χ4n) is 1.08. The summed E-state index contributed by atoms with van der Waals surface area (Å²) in [6, 6.07) is 0. The van der Waals surface area contributed by atoms with Gasteiger partial charge in [0.25, 0.3) is 0 Å². The maximum Gasteiger partial charge on any atom is 0.317 e. The Morgan fingerprint density at radius 3 is 2.33 bits per heavy atom. The van der Waals surface area contributed by atoms with E-state index in [1.165, 1.54) is 0 Å². The lowest BCUT2D eigenvalue weighted by molar-refractivity contribution is -0.138. The summed E-state index contributed by atoms with van der Waals surface area (Å²) >= 11 is 0.